The SMILES string of the molecule is CC/C=C\C/C=C\C/C=C\C/C=C\C/C=C\C/C=C\C/C=C\CCCCCCCC(=O)OCC(COC(=O)CCCCCCC/C=C\C/C=C\CCC)OC(=O)CCC/C=C\C/C=C\C/C=C\C/C=C\C/C=C\C/C=C\C/C=C\CC. The number of hydrogen-bond donors (Lipinski definition) is 0. The van der Waals surface area contributed by atoms with Crippen molar-refractivity contribution in [2.24, 2.45) is 0 Å². The van der Waals surface area contributed by atoms with E-state index in [0.29, 0.717) is 19.3 Å². The van der Waals surface area contributed by atoms with Crippen LogP contribution in [0, 0.1) is 0 Å². The summed E-state index contributed by atoms with van der Waals surface area (Å²) in [6.45, 7) is 6.25. The van der Waals surface area contributed by atoms with Crippen molar-refractivity contribution in [3.05, 3.63) is 194 Å². The van der Waals surface area contributed by atoms with Crippen molar-refractivity contribution >= 4 is 17.9 Å². The van der Waals surface area contributed by atoms with Gasteiger partial charge in [0.15, 0.2) is 6.10 Å². The molecule has 0 N–H and O–H groups in total. The van der Waals surface area contributed by atoms with Gasteiger partial charge in [-0.3, -0.25) is 14.4 Å². The Bertz CT molecular complexity index is 1950. The molecule has 1 unspecified atom stereocenters. The van der Waals surface area contributed by atoms with Crippen molar-refractivity contribution in [2.45, 2.75) is 245 Å². The van der Waals surface area contributed by atoms with Gasteiger partial charge in [0.25, 0.3) is 0 Å². The Labute approximate surface area is 497 Å². The molecule has 0 rings (SSSR count). The fourth-order valence-electron chi connectivity index (χ4n) is 7.86. The van der Waals surface area contributed by atoms with Gasteiger partial charge in [0, 0.05) is 19.3 Å². The van der Waals surface area contributed by atoms with Crippen molar-refractivity contribution in [3.8, 4) is 0 Å². The van der Waals surface area contributed by atoms with Gasteiger partial charge in [-0.05, 0) is 154 Å². The Morgan fingerprint density at radius 2 is 0.494 bits per heavy atom. The van der Waals surface area contributed by atoms with Gasteiger partial charge >= 0.3 is 17.9 Å². The Balaban J connectivity index is 4.53. The fraction of sp³-hybridized carbons (Fsp3) is 0.533. The molecule has 1 atom stereocenters. The molecule has 0 aliphatic heterocycles. The van der Waals surface area contributed by atoms with Crippen LogP contribution >= 0.6 is 0 Å². The van der Waals surface area contributed by atoms with E-state index in [2.05, 4.69) is 215 Å². The number of ether oxygens (including phenoxy) is 3. The standard InChI is InChI=1S/C75H114O6/c1-4-7-10-13-16-19-22-25-27-29-31-33-35-36-37-38-40-41-43-45-47-50-53-56-59-62-65-68-74(77)80-71-72(70-79-73(76)67-64-61-58-55-52-49-24-21-18-15-12-9-6-3)81-75(78)69-66-63-60-57-54-51-48-46-44-42-39-34-32-30-28-26-23-20-17-14-11-8-5-2/h7-8,10-12,15-17,19-21,24-28,31-34,36-37,40-42,44-45,47-48,51,57,60,72H,4-6,9,13-14,18,22-23,29-30,35,38-39,43,46,49-50,52-56,58-59,61-71H2,1-3H3/b10-7-,11-8-,15-12-,19-16-,20-17-,24-21-,27-25-,28-26-,33-31-,34-32-,37-36-,41-40-,44-42-,47-45-,51-48-,60-57-. The molecule has 0 heterocycles. The zero-order chi connectivity index (χ0) is 58.5. The quantitative estimate of drug-likeness (QED) is 0.0261. The van der Waals surface area contributed by atoms with Crippen molar-refractivity contribution in [3.63, 3.8) is 0 Å². The van der Waals surface area contributed by atoms with E-state index in [9.17, 15) is 14.4 Å². The maximum absolute atomic E-state index is 12.9. The Hall–Kier alpha value is -5.75. The number of allylic oxidation sites excluding steroid dienone is 32. The van der Waals surface area contributed by atoms with E-state index in [4.69, 9.17) is 14.2 Å². The predicted octanol–water partition coefficient (Wildman–Crippen LogP) is 22.2. The largest absolute Gasteiger partial charge is 0.462 e. The van der Waals surface area contributed by atoms with E-state index >= 15 is 0 Å². The first-order valence-electron chi connectivity index (χ1n) is 31.9. The summed E-state index contributed by atoms with van der Waals surface area (Å²) in [6, 6.07) is 0. The van der Waals surface area contributed by atoms with E-state index in [1.165, 1.54) is 6.42 Å². The number of hydrogen-bond acceptors (Lipinski definition) is 6. The van der Waals surface area contributed by atoms with E-state index in [-0.39, 0.29) is 37.5 Å². The van der Waals surface area contributed by atoms with E-state index in [1.54, 1.807) is 0 Å². The van der Waals surface area contributed by atoms with Gasteiger partial charge in [-0.15, -0.1) is 0 Å². The first-order chi connectivity index (χ1) is 40.0. The van der Waals surface area contributed by atoms with Gasteiger partial charge in [-0.1, -0.05) is 260 Å². The minimum absolute atomic E-state index is 0.125. The second-order valence-corrected chi connectivity index (χ2v) is 20.2. The van der Waals surface area contributed by atoms with Crippen LogP contribution in [0.25, 0.3) is 0 Å². The minimum atomic E-state index is -0.836. The van der Waals surface area contributed by atoms with E-state index < -0.39 is 6.10 Å². The molecule has 0 aromatic heterocycles. The van der Waals surface area contributed by atoms with Gasteiger partial charge in [-0.2, -0.15) is 0 Å². The average molecular weight is 1110 g/mol. The van der Waals surface area contributed by atoms with Crippen LogP contribution in [0.2, 0.25) is 0 Å². The molecule has 0 amide bonds. The highest BCUT2D eigenvalue weighted by molar-refractivity contribution is 5.71. The number of carbonyl (C=O) groups is 3. The molecule has 0 saturated heterocycles. The molecule has 0 aromatic rings. The van der Waals surface area contributed by atoms with E-state index in [0.717, 1.165) is 186 Å². The molecule has 450 valence electrons. The third-order valence-electron chi connectivity index (χ3n) is 12.5. The highest BCUT2D eigenvalue weighted by Gasteiger charge is 2.19. The second kappa shape index (κ2) is 66.8. The maximum atomic E-state index is 12.9. The molecule has 0 aliphatic carbocycles. The molecule has 6 nitrogen and oxygen atoms in total. The molecular formula is C75H114O6. The lowest BCUT2D eigenvalue weighted by molar-refractivity contribution is -0.167. The monoisotopic (exact) mass is 1110 g/mol. The van der Waals surface area contributed by atoms with Crippen LogP contribution in [0.1, 0.15) is 239 Å². The predicted molar refractivity (Wildman–Crippen MR) is 352 cm³/mol. The molecule has 0 spiro atoms. The number of unbranched alkanes of at least 4 members (excludes halogenated alkanes) is 12. The summed E-state index contributed by atoms with van der Waals surface area (Å²) in [4.78, 5) is 38.3. The molecule has 0 fully saturated rings. The highest BCUT2D eigenvalue weighted by atomic mass is 16.6. The first-order valence-corrected chi connectivity index (χ1v) is 31.9. The number of rotatable bonds is 55. The molecule has 0 aliphatic rings. The van der Waals surface area contributed by atoms with Gasteiger partial charge in [0.2, 0.25) is 0 Å². The zero-order valence-electron chi connectivity index (χ0n) is 51.5. The lowest BCUT2D eigenvalue weighted by atomic mass is 10.1. The summed E-state index contributed by atoms with van der Waals surface area (Å²) >= 11 is 0. The molecule has 81 heavy (non-hydrogen) atoms. The summed E-state index contributed by atoms with van der Waals surface area (Å²) in [7, 11) is 0. The lowest BCUT2D eigenvalue weighted by Crippen LogP contribution is -2.30. The van der Waals surface area contributed by atoms with Crippen molar-refractivity contribution in [1.29, 1.82) is 0 Å². The molecule has 0 bridgehead atoms. The minimum Gasteiger partial charge on any atom is -0.462 e. The van der Waals surface area contributed by atoms with Gasteiger partial charge < -0.3 is 14.2 Å². The summed E-state index contributed by atoms with van der Waals surface area (Å²) in [5, 5.41) is 0. The Morgan fingerprint density at radius 1 is 0.259 bits per heavy atom. The van der Waals surface area contributed by atoms with Crippen LogP contribution in [0.3, 0.4) is 0 Å². The average Bonchev–Trinajstić information content (AvgIpc) is 3.46. The Morgan fingerprint density at radius 3 is 0.790 bits per heavy atom. The summed E-state index contributed by atoms with van der Waals surface area (Å²) in [5.74, 6) is -1.03. The van der Waals surface area contributed by atoms with Crippen LogP contribution in [0.4, 0.5) is 0 Å². The number of esters is 3. The normalized spacial score (nSPS) is 13.5. The Kier molecular flexibility index (Phi) is 62.0. The molecule has 0 radical (unpaired) electrons. The van der Waals surface area contributed by atoms with Gasteiger partial charge in [0.05, 0.1) is 0 Å². The van der Waals surface area contributed by atoms with Crippen molar-refractivity contribution in [1.82, 2.24) is 0 Å². The second-order valence-electron chi connectivity index (χ2n) is 20.2. The van der Waals surface area contributed by atoms with Gasteiger partial charge in [0.1, 0.15) is 13.2 Å². The van der Waals surface area contributed by atoms with Crippen molar-refractivity contribution in [2.75, 3.05) is 13.2 Å². The van der Waals surface area contributed by atoms with Crippen LogP contribution in [-0.2, 0) is 28.6 Å². The lowest BCUT2D eigenvalue weighted by Gasteiger charge is -2.18. The summed E-state index contributed by atoms with van der Waals surface area (Å²) in [5.41, 5.74) is 0. The van der Waals surface area contributed by atoms with Gasteiger partial charge in [-0.25, -0.2) is 0 Å². The van der Waals surface area contributed by atoms with Crippen LogP contribution < -0.4 is 0 Å². The zero-order valence-corrected chi connectivity index (χ0v) is 51.5. The van der Waals surface area contributed by atoms with Crippen LogP contribution in [0.15, 0.2) is 194 Å². The van der Waals surface area contributed by atoms with Crippen LogP contribution in [-0.4, -0.2) is 37.2 Å². The third-order valence-corrected chi connectivity index (χ3v) is 12.5. The van der Waals surface area contributed by atoms with Crippen molar-refractivity contribution < 1.29 is 28.6 Å². The number of carbonyl (C=O) groups excluding carboxylic acids is 3. The highest BCUT2D eigenvalue weighted by Crippen LogP contribution is 2.12. The topological polar surface area (TPSA) is 78.9 Å². The maximum Gasteiger partial charge on any atom is 0.306 e. The molecule has 0 aromatic carbocycles. The molecule has 0 saturated carbocycles. The smallest absolute Gasteiger partial charge is 0.306 e. The summed E-state index contributed by atoms with van der Waals surface area (Å²) < 4.78 is 16.8. The summed E-state index contributed by atoms with van der Waals surface area (Å²) in [6.07, 6.45) is 101. The third kappa shape index (κ3) is 64.9. The van der Waals surface area contributed by atoms with E-state index in [1.807, 2.05) is 0 Å². The molecular weight excluding hydrogens is 997 g/mol. The molecule has 6 heteroatoms. The first kappa shape index (κ1) is 75.2. The van der Waals surface area contributed by atoms with Crippen LogP contribution in [0.5, 0.6) is 0 Å². The fourth-order valence-corrected chi connectivity index (χ4v) is 7.86.